The molecule has 0 aromatic carbocycles. The van der Waals surface area contributed by atoms with E-state index in [0.717, 1.165) is 13.0 Å². The summed E-state index contributed by atoms with van der Waals surface area (Å²) in [5.41, 5.74) is 0. The van der Waals surface area contributed by atoms with E-state index in [1.807, 2.05) is 4.90 Å². The Hall–Kier alpha value is -0.900. The lowest BCUT2D eigenvalue weighted by Crippen LogP contribution is -2.51. The van der Waals surface area contributed by atoms with Gasteiger partial charge in [0.25, 0.3) is 0 Å². The highest BCUT2D eigenvalue weighted by Crippen LogP contribution is 2.02. The largest absolute Gasteiger partial charge is 0.294 e. The predicted molar refractivity (Wildman–Crippen MR) is 53.7 cm³/mol. The number of imide groups is 1. The molecule has 0 aliphatic carbocycles. The molecule has 4 heteroatoms. The van der Waals surface area contributed by atoms with Crippen molar-refractivity contribution < 1.29 is 9.59 Å². The highest BCUT2D eigenvalue weighted by Gasteiger charge is 2.21. The minimum atomic E-state index is -0.170. The fraction of sp³-hybridized carbons (Fsp3) is 0.800. The van der Waals surface area contributed by atoms with Gasteiger partial charge in [0.05, 0.1) is 13.1 Å². The molecule has 1 aliphatic rings. The Bertz CT molecular complexity index is 200. The molecule has 1 saturated heterocycles. The Kier molecular flexibility index (Phi) is 4.59. The zero-order chi connectivity index (χ0) is 10.4. The molecular formula is C10H18N2O2. The predicted octanol–water partition coefficient (Wildman–Crippen LogP) is 0.525. The van der Waals surface area contributed by atoms with Crippen molar-refractivity contribution in [1.82, 2.24) is 10.2 Å². The minimum Gasteiger partial charge on any atom is -0.294 e. The van der Waals surface area contributed by atoms with Gasteiger partial charge in [0.15, 0.2) is 0 Å². The van der Waals surface area contributed by atoms with Crippen LogP contribution < -0.4 is 5.32 Å². The first-order chi connectivity index (χ1) is 6.72. The van der Waals surface area contributed by atoms with E-state index in [-0.39, 0.29) is 11.8 Å². The molecular weight excluding hydrogens is 180 g/mol. The van der Waals surface area contributed by atoms with Crippen molar-refractivity contribution in [3.8, 4) is 0 Å². The van der Waals surface area contributed by atoms with Crippen molar-refractivity contribution in [3.05, 3.63) is 0 Å². The van der Waals surface area contributed by atoms with Crippen LogP contribution in [-0.4, -0.2) is 36.3 Å². The van der Waals surface area contributed by atoms with Gasteiger partial charge >= 0.3 is 0 Å². The van der Waals surface area contributed by atoms with E-state index >= 15 is 0 Å². The van der Waals surface area contributed by atoms with Gasteiger partial charge < -0.3 is 0 Å². The first-order valence-electron chi connectivity index (χ1n) is 5.27. The molecule has 0 radical (unpaired) electrons. The van der Waals surface area contributed by atoms with Gasteiger partial charge in [0, 0.05) is 0 Å². The van der Waals surface area contributed by atoms with E-state index in [1.54, 1.807) is 0 Å². The van der Waals surface area contributed by atoms with Crippen molar-refractivity contribution in [2.45, 2.75) is 32.6 Å². The molecule has 1 rings (SSSR count). The van der Waals surface area contributed by atoms with Crippen molar-refractivity contribution in [3.63, 3.8) is 0 Å². The molecule has 1 N–H and O–H groups in total. The molecule has 1 heterocycles. The molecule has 0 bridgehead atoms. The number of hydrogen-bond acceptors (Lipinski definition) is 3. The minimum absolute atomic E-state index is 0.170. The van der Waals surface area contributed by atoms with Crippen LogP contribution in [0, 0.1) is 0 Å². The summed E-state index contributed by atoms with van der Waals surface area (Å²) in [5, 5.41) is 2.29. The van der Waals surface area contributed by atoms with Crippen LogP contribution in [0.15, 0.2) is 0 Å². The first-order valence-corrected chi connectivity index (χ1v) is 5.27. The third kappa shape index (κ3) is 3.87. The van der Waals surface area contributed by atoms with Gasteiger partial charge in [0.2, 0.25) is 11.8 Å². The maximum Gasteiger partial charge on any atom is 0.240 e. The van der Waals surface area contributed by atoms with Crippen molar-refractivity contribution in [2.75, 3.05) is 19.6 Å². The second-order valence-electron chi connectivity index (χ2n) is 3.74. The van der Waals surface area contributed by atoms with Gasteiger partial charge in [-0.05, 0) is 13.0 Å². The van der Waals surface area contributed by atoms with Gasteiger partial charge in [-0.2, -0.15) is 0 Å². The maximum absolute atomic E-state index is 11.0. The van der Waals surface area contributed by atoms with Crippen LogP contribution >= 0.6 is 0 Å². The molecule has 4 nitrogen and oxygen atoms in total. The SMILES string of the molecule is CCCCCCN1CC(=O)NC(=O)C1. The quantitative estimate of drug-likeness (QED) is 0.517. The summed E-state index contributed by atoms with van der Waals surface area (Å²) in [6, 6.07) is 0. The highest BCUT2D eigenvalue weighted by molar-refractivity contribution is 5.99. The average molecular weight is 198 g/mol. The molecule has 2 amide bonds. The van der Waals surface area contributed by atoms with Crippen LogP contribution in [0.25, 0.3) is 0 Å². The number of nitrogens with zero attached hydrogens (tertiary/aromatic N) is 1. The summed E-state index contributed by atoms with van der Waals surface area (Å²) in [4.78, 5) is 23.9. The molecule has 1 fully saturated rings. The number of carbonyl (C=O) groups is 2. The summed E-state index contributed by atoms with van der Waals surface area (Å²) in [7, 11) is 0. The number of carbonyl (C=O) groups excluding carboxylic acids is 2. The number of piperazine rings is 1. The van der Waals surface area contributed by atoms with Gasteiger partial charge in [-0.3, -0.25) is 19.8 Å². The van der Waals surface area contributed by atoms with Crippen LogP contribution in [0.2, 0.25) is 0 Å². The summed E-state index contributed by atoms with van der Waals surface area (Å²) < 4.78 is 0. The topological polar surface area (TPSA) is 49.4 Å². The van der Waals surface area contributed by atoms with Gasteiger partial charge in [-0.15, -0.1) is 0 Å². The third-order valence-electron chi connectivity index (χ3n) is 2.34. The van der Waals surface area contributed by atoms with E-state index in [4.69, 9.17) is 0 Å². The summed E-state index contributed by atoms with van der Waals surface area (Å²) in [6.45, 7) is 3.77. The van der Waals surface area contributed by atoms with Crippen LogP contribution in [0.5, 0.6) is 0 Å². The molecule has 0 atom stereocenters. The lowest BCUT2D eigenvalue weighted by atomic mass is 10.2. The molecule has 14 heavy (non-hydrogen) atoms. The Labute approximate surface area is 84.7 Å². The Morgan fingerprint density at radius 3 is 2.36 bits per heavy atom. The van der Waals surface area contributed by atoms with E-state index in [2.05, 4.69) is 12.2 Å². The number of nitrogens with one attached hydrogen (secondary N) is 1. The normalized spacial score (nSPS) is 18.4. The van der Waals surface area contributed by atoms with E-state index in [0.29, 0.717) is 13.1 Å². The van der Waals surface area contributed by atoms with E-state index in [9.17, 15) is 9.59 Å². The standard InChI is InChI=1S/C10H18N2O2/c1-2-3-4-5-6-12-7-9(13)11-10(14)8-12/h2-8H2,1H3,(H,11,13,14). The van der Waals surface area contributed by atoms with Gasteiger partial charge in [-0.1, -0.05) is 26.2 Å². The van der Waals surface area contributed by atoms with Crippen LogP contribution in [0.3, 0.4) is 0 Å². The smallest absolute Gasteiger partial charge is 0.240 e. The molecule has 80 valence electrons. The monoisotopic (exact) mass is 198 g/mol. The second-order valence-corrected chi connectivity index (χ2v) is 3.74. The zero-order valence-electron chi connectivity index (χ0n) is 8.71. The molecule has 1 aliphatic heterocycles. The zero-order valence-corrected chi connectivity index (χ0v) is 8.71. The summed E-state index contributed by atoms with van der Waals surface area (Å²) >= 11 is 0. The Morgan fingerprint density at radius 2 is 1.79 bits per heavy atom. The second kappa shape index (κ2) is 5.75. The number of unbranched alkanes of at least 4 members (excludes halogenated alkanes) is 3. The van der Waals surface area contributed by atoms with E-state index < -0.39 is 0 Å². The Morgan fingerprint density at radius 1 is 1.14 bits per heavy atom. The van der Waals surface area contributed by atoms with Crippen LogP contribution in [-0.2, 0) is 9.59 Å². The van der Waals surface area contributed by atoms with Gasteiger partial charge in [0.1, 0.15) is 0 Å². The molecule has 0 aromatic rings. The van der Waals surface area contributed by atoms with Crippen LogP contribution in [0.1, 0.15) is 32.6 Å². The summed E-state index contributed by atoms with van der Waals surface area (Å²) in [5.74, 6) is -0.339. The van der Waals surface area contributed by atoms with Crippen molar-refractivity contribution in [1.29, 1.82) is 0 Å². The maximum atomic E-state index is 11.0. The number of rotatable bonds is 5. The van der Waals surface area contributed by atoms with Crippen molar-refractivity contribution in [2.24, 2.45) is 0 Å². The number of hydrogen-bond donors (Lipinski definition) is 1. The number of amides is 2. The average Bonchev–Trinajstić information content (AvgIpc) is 2.11. The van der Waals surface area contributed by atoms with Gasteiger partial charge in [-0.25, -0.2) is 0 Å². The highest BCUT2D eigenvalue weighted by atomic mass is 16.2. The lowest BCUT2D eigenvalue weighted by molar-refractivity contribution is -0.136. The van der Waals surface area contributed by atoms with Crippen LogP contribution in [0.4, 0.5) is 0 Å². The van der Waals surface area contributed by atoms with E-state index in [1.165, 1.54) is 19.3 Å². The molecule has 0 unspecified atom stereocenters. The fourth-order valence-corrected chi connectivity index (χ4v) is 1.62. The summed E-state index contributed by atoms with van der Waals surface area (Å²) in [6.07, 6.45) is 4.70. The molecule has 0 spiro atoms. The first kappa shape index (κ1) is 11.2. The molecule has 0 aromatic heterocycles. The fourth-order valence-electron chi connectivity index (χ4n) is 1.62. The van der Waals surface area contributed by atoms with Crippen molar-refractivity contribution >= 4 is 11.8 Å². The Balaban J connectivity index is 2.17. The molecule has 0 saturated carbocycles. The third-order valence-corrected chi connectivity index (χ3v) is 2.34. The lowest BCUT2D eigenvalue weighted by Gasteiger charge is -2.24.